The van der Waals surface area contributed by atoms with E-state index in [1.807, 2.05) is 0 Å². The molecule has 0 spiro atoms. The molecule has 4 rings (SSSR count). The predicted molar refractivity (Wildman–Crippen MR) is 111 cm³/mol. The molecule has 0 bridgehead atoms. The van der Waals surface area contributed by atoms with E-state index in [0.29, 0.717) is 11.1 Å². The molecule has 1 saturated heterocycles. The van der Waals surface area contributed by atoms with Gasteiger partial charge in [-0.05, 0) is 59.9 Å². The molecule has 4 nitrogen and oxygen atoms in total. The SMILES string of the molecule is O=C(CCc1cc(F)cc(Cl)c1)C1(O)CCN(c2ccc3c(c2)C(C(F)(F)F)=CC3)C1=O. The van der Waals surface area contributed by atoms with E-state index in [1.54, 1.807) is 0 Å². The molecule has 1 unspecified atom stereocenters. The van der Waals surface area contributed by atoms with Crippen LogP contribution in [-0.4, -0.2) is 35.1 Å². The van der Waals surface area contributed by atoms with Gasteiger partial charge in [-0.3, -0.25) is 9.59 Å². The van der Waals surface area contributed by atoms with Crippen LogP contribution in [0.2, 0.25) is 5.02 Å². The van der Waals surface area contributed by atoms with Crippen LogP contribution < -0.4 is 4.90 Å². The minimum absolute atomic E-state index is 0.00690. The Morgan fingerprint density at radius 2 is 1.94 bits per heavy atom. The summed E-state index contributed by atoms with van der Waals surface area (Å²) in [5.74, 6) is -2.18. The van der Waals surface area contributed by atoms with Crippen LogP contribution in [0.4, 0.5) is 23.2 Å². The number of Topliss-reactive ketones (excluding diaryl/α,β-unsaturated/α-hetero) is 1. The van der Waals surface area contributed by atoms with Crippen molar-refractivity contribution < 1.29 is 32.3 Å². The molecule has 2 aliphatic rings. The van der Waals surface area contributed by atoms with E-state index in [-0.39, 0.29) is 48.5 Å². The molecular weight excluding hydrogens is 450 g/mol. The summed E-state index contributed by atoms with van der Waals surface area (Å²) in [6, 6.07) is 8.11. The van der Waals surface area contributed by atoms with E-state index < -0.39 is 34.9 Å². The standard InChI is InChI=1S/C23H18ClF4NO3/c24-15-9-13(10-16(25)11-15)1-6-20(30)22(32)7-8-29(21(22)31)17-4-2-14-3-5-19(18(14)12-17)23(26,27)28/h2,4-5,9-12,32H,1,3,6-8H2. The molecule has 1 heterocycles. The Balaban J connectivity index is 1.51. The Morgan fingerprint density at radius 3 is 2.62 bits per heavy atom. The number of anilines is 1. The van der Waals surface area contributed by atoms with Crippen molar-refractivity contribution in [1.29, 1.82) is 0 Å². The van der Waals surface area contributed by atoms with Crippen LogP contribution in [0.15, 0.2) is 42.5 Å². The van der Waals surface area contributed by atoms with Gasteiger partial charge in [-0.1, -0.05) is 23.7 Å². The van der Waals surface area contributed by atoms with Gasteiger partial charge in [0.15, 0.2) is 5.78 Å². The number of fused-ring (bicyclic) bond motifs is 1. The summed E-state index contributed by atoms with van der Waals surface area (Å²) in [5, 5.41) is 11.0. The van der Waals surface area contributed by atoms with E-state index in [2.05, 4.69) is 0 Å². The van der Waals surface area contributed by atoms with Crippen LogP contribution in [0.5, 0.6) is 0 Å². The van der Waals surface area contributed by atoms with Crippen molar-refractivity contribution in [2.24, 2.45) is 0 Å². The van der Waals surface area contributed by atoms with E-state index in [1.165, 1.54) is 30.3 Å². The largest absolute Gasteiger partial charge is 0.416 e. The van der Waals surface area contributed by atoms with Crippen LogP contribution in [0, 0.1) is 5.82 Å². The number of hydrogen-bond donors (Lipinski definition) is 1. The molecule has 0 aromatic heterocycles. The fourth-order valence-electron chi connectivity index (χ4n) is 4.18. The highest BCUT2D eigenvalue weighted by atomic mass is 35.5. The second-order valence-corrected chi connectivity index (χ2v) is 8.37. The molecule has 168 valence electrons. The smallest absolute Gasteiger partial charge is 0.373 e. The van der Waals surface area contributed by atoms with Crippen LogP contribution in [0.1, 0.15) is 29.5 Å². The molecule has 0 radical (unpaired) electrons. The molecule has 1 aliphatic heterocycles. The average Bonchev–Trinajstić information content (AvgIpc) is 3.27. The molecule has 1 fully saturated rings. The molecular formula is C23H18ClF4NO3. The number of carbonyl (C=O) groups excluding carboxylic acids is 2. The molecule has 1 aliphatic carbocycles. The van der Waals surface area contributed by atoms with Crippen molar-refractivity contribution in [3.05, 3.63) is 70.0 Å². The second-order valence-electron chi connectivity index (χ2n) is 7.93. The minimum Gasteiger partial charge on any atom is -0.373 e. The summed E-state index contributed by atoms with van der Waals surface area (Å²) in [6.07, 6.45) is -3.61. The number of ketones is 1. The van der Waals surface area contributed by atoms with Crippen molar-refractivity contribution in [2.75, 3.05) is 11.4 Å². The molecule has 2 aromatic carbocycles. The lowest BCUT2D eigenvalue weighted by Crippen LogP contribution is -2.47. The maximum atomic E-state index is 13.5. The van der Waals surface area contributed by atoms with Gasteiger partial charge < -0.3 is 10.0 Å². The topological polar surface area (TPSA) is 57.6 Å². The highest BCUT2D eigenvalue weighted by molar-refractivity contribution is 6.30. The van der Waals surface area contributed by atoms with Crippen LogP contribution >= 0.6 is 11.6 Å². The Hall–Kier alpha value is -2.71. The number of benzene rings is 2. The summed E-state index contributed by atoms with van der Waals surface area (Å²) in [7, 11) is 0. The number of aliphatic hydroxyl groups is 1. The number of rotatable bonds is 5. The minimum atomic E-state index is -4.52. The molecule has 0 saturated carbocycles. The number of amides is 1. The molecule has 32 heavy (non-hydrogen) atoms. The van der Waals surface area contributed by atoms with Gasteiger partial charge in [0.05, 0.1) is 5.57 Å². The first kappa shape index (κ1) is 22.5. The van der Waals surface area contributed by atoms with E-state index in [0.717, 1.165) is 17.0 Å². The fourth-order valence-corrected chi connectivity index (χ4v) is 4.43. The highest BCUT2D eigenvalue weighted by Gasteiger charge is 2.51. The summed E-state index contributed by atoms with van der Waals surface area (Å²) in [5.41, 5.74) is -1.93. The maximum Gasteiger partial charge on any atom is 0.416 e. The first-order valence-electron chi connectivity index (χ1n) is 9.92. The third kappa shape index (κ3) is 4.04. The van der Waals surface area contributed by atoms with Gasteiger partial charge in [0.2, 0.25) is 5.60 Å². The fraction of sp³-hybridized carbons (Fsp3) is 0.304. The van der Waals surface area contributed by atoms with Crippen LogP contribution in [0.25, 0.3) is 5.57 Å². The lowest BCUT2D eigenvalue weighted by Gasteiger charge is -2.22. The number of halogens is 5. The Bertz CT molecular complexity index is 1120. The molecule has 1 N–H and O–H groups in total. The van der Waals surface area contributed by atoms with Gasteiger partial charge in [0, 0.05) is 30.1 Å². The van der Waals surface area contributed by atoms with Gasteiger partial charge in [0.25, 0.3) is 5.91 Å². The summed E-state index contributed by atoms with van der Waals surface area (Å²) < 4.78 is 53.3. The van der Waals surface area contributed by atoms with Crippen LogP contribution in [0.3, 0.4) is 0 Å². The monoisotopic (exact) mass is 467 g/mol. The molecule has 9 heteroatoms. The van der Waals surface area contributed by atoms with Gasteiger partial charge in [-0.25, -0.2) is 4.39 Å². The van der Waals surface area contributed by atoms with E-state index in [4.69, 9.17) is 11.6 Å². The van der Waals surface area contributed by atoms with Gasteiger partial charge in [-0.2, -0.15) is 13.2 Å². The van der Waals surface area contributed by atoms with E-state index >= 15 is 0 Å². The maximum absolute atomic E-state index is 13.5. The first-order chi connectivity index (χ1) is 15.0. The quantitative estimate of drug-likeness (QED) is 0.514. The summed E-state index contributed by atoms with van der Waals surface area (Å²) in [6.45, 7) is -0.0171. The lowest BCUT2D eigenvalue weighted by molar-refractivity contribution is -0.147. The zero-order valence-electron chi connectivity index (χ0n) is 16.7. The number of carbonyl (C=O) groups is 2. The number of alkyl halides is 3. The highest BCUT2D eigenvalue weighted by Crippen LogP contribution is 2.42. The van der Waals surface area contributed by atoms with Crippen molar-refractivity contribution in [1.82, 2.24) is 0 Å². The van der Waals surface area contributed by atoms with Crippen LogP contribution in [-0.2, 0) is 22.4 Å². The number of nitrogens with zero attached hydrogens (tertiary/aromatic N) is 1. The van der Waals surface area contributed by atoms with Crippen molar-refractivity contribution in [3.63, 3.8) is 0 Å². The predicted octanol–water partition coefficient (Wildman–Crippen LogP) is 4.65. The van der Waals surface area contributed by atoms with Gasteiger partial charge in [-0.15, -0.1) is 0 Å². The zero-order chi connectivity index (χ0) is 23.3. The molecule has 1 amide bonds. The average molecular weight is 468 g/mol. The summed E-state index contributed by atoms with van der Waals surface area (Å²) in [4.78, 5) is 26.7. The Kier molecular flexibility index (Phi) is 5.63. The molecule has 1 atom stereocenters. The second kappa shape index (κ2) is 8.01. The van der Waals surface area contributed by atoms with E-state index in [9.17, 15) is 32.3 Å². The Labute approximate surface area is 186 Å². The molecule has 2 aromatic rings. The normalized spacial score (nSPS) is 20.5. The number of aryl methyl sites for hydroxylation is 1. The summed E-state index contributed by atoms with van der Waals surface area (Å²) >= 11 is 5.80. The van der Waals surface area contributed by atoms with Gasteiger partial charge in [0.1, 0.15) is 5.82 Å². The van der Waals surface area contributed by atoms with Gasteiger partial charge >= 0.3 is 6.18 Å². The van der Waals surface area contributed by atoms with Crippen molar-refractivity contribution in [2.45, 2.75) is 37.5 Å². The van der Waals surface area contributed by atoms with Crippen molar-refractivity contribution >= 4 is 34.6 Å². The first-order valence-corrected chi connectivity index (χ1v) is 10.3. The van der Waals surface area contributed by atoms with Crippen molar-refractivity contribution in [3.8, 4) is 0 Å². The lowest BCUT2D eigenvalue weighted by atomic mass is 9.92. The Morgan fingerprint density at radius 1 is 1.19 bits per heavy atom. The third-order valence-electron chi connectivity index (χ3n) is 5.85. The zero-order valence-corrected chi connectivity index (χ0v) is 17.4. The third-order valence-corrected chi connectivity index (χ3v) is 6.07. The number of hydrogen-bond acceptors (Lipinski definition) is 3. The number of allylic oxidation sites excluding steroid dienone is 2.